The van der Waals surface area contributed by atoms with Crippen LogP contribution in [0.4, 0.5) is 0 Å². The van der Waals surface area contributed by atoms with Gasteiger partial charge in [-0.3, -0.25) is 76.7 Å². The Kier molecular flexibility index (Phi) is 51.1. The summed E-state index contributed by atoms with van der Waals surface area (Å²) in [4.78, 5) is 225. The lowest BCUT2D eigenvalue weighted by Crippen LogP contribution is -2.61. The van der Waals surface area contributed by atoms with Crippen molar-refractivity contribution in [1.29, 1.82) is 0 Å². The molecule has 6 aliphatic heterocycles. The number of aromatic hydroxyl groups is 2. The van der Waals surface area contributed by atoms with Crippen LogP contribution in [0.5, 0.6) is 11.5 Å². The SMILES string of the molecule is CCC(C)CC(C)CCCCCCCCC(=O)N[C@H]1C[C@@H](O)[C@@H](O)NC(=O)[C@@H]2C[C@@H](O)CN2C(=O)[C@H]([C@H](O)CC(N)=O)NC(=O)[C@H](C(O)[C@@H](O)c2ccc(O)cc2)CC(=O)[C@@H]2C[C@@H](O)CN2C(=O)[C@H](C(C)O)NC1=O.CCC(C)CC(C)CCCCCCCCC(=O)N[C@H]1C[C@@H](O)[C@@H](O)NC(=O)[C@@H]2[C@@H](O)CCN2C(=O)[C@H]([C@H](O)CC(N)=O)NC(=O)[C@H](C(O)[C@@H](O)c2ccc(O)cc2)CC(=O)[C@@H]2C[C@@H](O)CN2C(=O)[C@H](C(C)O)NC1=O. The Morgan fingerprint density at radius 2 is 0.700 bits per heavy atom. The third-order valence-electron chi connectivity index (χ3n) is 29.2. The van der Waals surface area contributed by atoms with E-state index in [9.17, 15) is 169 Å². The molecule has 0 aromatic heterocycles. The van der Waals surface area contributed by atoms with E-state index in [-0.39, 0.29) is 41.9 Å². The zero-order chi connectivity index (χ0) is 112. The smallest absolute Gasteiger partial charge is 0.248 e. The van der Waals surface area contributed by atoms with Crippen LogP contribution < -0.4 is 54.0 Å². The number of nitrogens with zero attached hydrogens (tertiary/aromatic N) is 4. The van der Waals surface area contributed by atoms with E-state index in [2.05, 4.69) is 84.1 Å². The van der Waals surface area contributed by atoms with Crippen LogP contribution in [-0.4, -0.2) is 378 Å². The van der Waals surface area contributed by atoms with Gasteiger partial charge in [0.1, 0.15) is 84.2 Å². The standard InChI is InChI=1S/2C51H81N7O17/c1-5-26(2)18-27(3)12-10-8-6-7-9-11-13-41(67)53-34-22-39(65)49(73)56-48(72)36-20-32(62)25-58(36)51(75)43(38(64)23-40(52)66)55-46(70)33(45(69)44(68)29-14-16-30(60)17-15-29)21-37(63)35-19-31(61)24-57(35)50(74)42(28(4)59)54-47(34)71;1-5-26(2)20-27(3)12-10-8-6-7-9-11-13-40(67)53-33-23-38(65)48(72)56-49(73)43-35(62)18-19-57(43)51(75)42(37(64)24-39(52)66)55-46(70)32(45(69)44(68)29-14-16-30(60)17-15-29)22-36(63)34-21-31(61)25-58(34)50(74)41(28(4)59)54-47(33)71/h14-17,26-28,31-36,38-39,42-45,49,59-62,64-65,68-69,73H,5-13,18-25H2,1-4H3,(H2,52,66)(H,53,67)(H,54,71)(H,55,70)(H,56,72);14-17,26-28,31-35,37-38,41-45,48,59-62,64-65,68-69,72H,5-13,18-25H2,1-4H3,(H2,52,66)(H,53,67)(H,54,71)(H,55,70)(H,56,73)/t26?,27?,28?,31-,32-,33+,34+,35+,36+,38-,39-,42+,43+,44+,45?,49-;26?,27?,28?,31-,32+,33+,34+,35+,37-,38-,41+,42+,43+,44+,45?,48-/m11/s1. The fourth-order valence-corrected chi connectivity index (χ4v) is 20.1. The molecule has 6 aliphatic rings. The molecule has 0 bridgehead atoms. The van der Waals surface area contributed by atoms with Gasteiger partial charge in [-0.1, -0.05) is 156 Å². The summed E-state index contributed by atoms with van der Waals surface area (Å²) in [5.41, 5.74) is 10.5. The van der Waals surface area contributed by atoms with Gasteiger partial charge >= 0.3 is 0 Å². The lowest BCUT2D eigenvalue weighted by Gasteiger charge is -2.34. The second-order valence-electron chi connectivity index (χ2n) is 41.8. The van der Waals surface area contributed by atoms with Crippen molar-refractivity contribution in [3.8, 4) is 11.5 Å². The summed E-state index contributed by atoms with van der Waals surface area (Å²) in [6, 6.07) is -9.25. The van der Waals surface area contributed by atoms with E-state index in [0.29, 0.717) is 59.2 Å². The minimum Gasteiger partial charge on any atom is -0.508 e. The highest BCUT2D eigenvalue weighted by Crippen LogP contribution is 2.36. The molecule has 14 amide bonds. The van der Waals surface area contributed by atoms with Gasteiger partial charge in [0.2, 0.25) is 82.7 Å². The maximum atomic E-state index is 14.4. The van der Waals surface area contributed by atoms with Gasteiger partial charge in [0, 0.05) is 84.0 Å². The molecule has 32 atom stereocenters. The quantitative estimate of drug-likeness (QED) is 0.0280. The van der Waals surface area contributed by atoms with Crippen molar-refractivity contribution in [3.05, 3.63) is 59.7 Å². The highest BCUT2D eigenvalue weighted by molar-refractivity contribution is 6.01. The molecule has 0 spiro atoms. The van der Waals surface area contributed by atoms with E-state index in [1.54, 1.807) is 0 Å². The number of benzene rings is 2. The lowest BCUT2D eigenvalue weighted by atomic mass is 9.86. The number of primary amides is 2. The molecule has 6 saturated heterocycles. The van der Waals surface area contributed by atoms with Gasteiger partial charge in [-0.15, -0.1) is 0 Å². The number of aliphatic hydroxyl groups excluding tert-OH is 16. The van der Waals surface area contributed by atoms with Crippen molar-refractivity contribution in [2.45, 2.75) is 406 Å². The van der Waals surface area contributed by atoms with Crippen LogP contribution in [0.15, 0.2) is 48.5 Å². The first kappa shape index (κ1) is 126. The molecule has 48 heteroatoms. The molecule has 0 radical (unpaired) electrons. The summed E-state index contributed by atoms with van der Waals surface area (Å²) in [6.45, 7) is 13.5. The molecule has 2 aromatic rings. The average Bonchev–Trinajstić information content (AvgIpc) is 1.62. The van der Waals surface area contributed by atoms with Crippen molar-refractivity contribution < 1.29 is 169 Å². The van der Waals surface area contributed by atoms with Gasteiger partial charge in [-0.25, -0.2) is 0 Å². The Balaban J connectivity index is 0.000000406. The van der Waals surface area contributed by atoms with Gasteiger partial charge in [0.05, 0.1) is 97.8 Å². The molecule has 48 nitrogen and oxygen atoms in total. The minimum atomic E-state index is -2.27. The molecule has 6 heterocycles. The van der Waals surface area contributed by atoms with Crippen molar-refractivity contribution in [3.63, 3.8) is 0 Å². The van der Waals surface area contributed by atoms with E-state index in [1.165, 1.54) is 37.1 Å². The fraction of sp³-hybridized carbons (Fsp3) is 0.725. The number of carbonyl (C=O) groups is 16. The predicted molar refractivity (Wildman–Crippen MR) is 533 cm³/mol. The highest BCUT2D eigenvalue weighted by Gasteiger charge is 2.53. The number of Topliss-reactive ketones (excluding diaryl/α,β-unsaturated/α-hetero) is 2. The third-order valence-corrected chi connectivity index (χ3v) is 29.2. The largest absolute Gasteiger partial charge is 0.508 e. The minimum absolute atomic E-state index is 0.0681. The van der Waals surface area contributed by atoms with Crippen LogP contribution in [0.3, 0.4) is 0 Å². The van der Waals surface area contributed by atoms with E-state index >= 15 is 0 Å². The first-order valence-electron chi connectivity index (χ1n) is 52.4. The van der Waals surface area contributed by atoms with Crippen LogP contribution in [0.2, 0.25) is 0 Å². The first-order valence-corrected chi connectivity index (χ1v) is 52.4. The molecular weight excluding hydrogens is 1970 g/mol. The number of phenols is 2. The molecule has 6 fully saturated rings. The number of fused-ring (bicyclic) bond motifs is 4. The zero-order valence-corrected chi connectivity index (χ0v) is 86.7. The van der Waals surface area contributed by atoms with Crippen LogP contribution in [0, 0.1) is 35.5 Å². The van der Waals surface area contributed by atoms with Crippen molar-refractivity contribution >= 4 is 94.3 Å². The monoisotopic (exact) mass is 2130 g/mol. The third kappa shape index (κ3) is 37.7. The molecule has 0 aliphatic carbocycles. The summed E-state index contributed by atoms with van der Waals surface area (Å²) in [6.07, 6.45) is -21.4. The molecule has 8 unspecified atom stereocenters. The topological polar surface area (TPSA) is 799 Å². The van der Waals surface area contributed by atoms with Crippen LogP contribution in [-0.2, 0) is 76.7 Å². The highest BCUT2D eigenvalue weighted by atomic mass is 16.4. The predicted octanol–water partition coefficient (Wildman–Crippen LogP) is -4.50. The van der Waals surface area contributed by atoms with Gasteiger partial charge in [-0.2, -0.15) is 0 Å². The molecule has 844 valence electrons. The molecule has 2 aromatic carbocycles. The zero-order valence-electron chi connectivity index (χ0n) is 86.7. The van der Waals surface area contributed by atoms with Crippen LogP contribution in [0.25, 0.3) is 0 Å². The summed E-state index contributed by atoms with van der Waals surface area (Å²) >= 11 is 0. The number of rotatable bonds is 40. The lowest BCUT2D eigenvalue weighted by molar-refractivity contribution is -0.150. The van der Waals surface area contributed by atoms with Crippen LogP contribution in [0.1, 0.15) is 271 Å². The van der Waals surface area contributed by atoms with E-state index < -0.39 is 348 Å². The first-order chi connectivity index (χ1) is 70.7. The maximum Gasteiger partial charge on any atom is 0.248 e. The number of phenolic OH excluding ortho intramolecular Hbond substituents is 2. The maximum absolute atomic E-state index is 14.4. The van der Waals surface area contributed by atoms with Gasteiger partial charge in [0.25, 0.3) is 0 Å². The Bertz CT molecular complexity index is 4630. The number of hydrogen-bond donors (Lipinski definition) is 28. The number of nitrogens with two attached hydrogens (primary N) is 2. The van der Waals surface area contributed by atoms with Gasteiger partial charge in [0.15, 0.2) is 24.0 Å². The van der Waals surface area contributed by atoms with Gasteiger partial charge < -0.3 is 166 Å². The van der Waals surface area contributed by atoms with Crippen molar-refractivity contribution in [2.24, 2.45) is 47.0 Å². The Morgan fingerprint density at radius 1 is 0.380 bits per heavy atom. The van der Waals surface area contributed by atoms with Gasteiger partial charge in [-0.05, 0) is 105 Å². The summed E-state index contributed by atoms with van der Waals surface area (Å²) in [5, 5.41) is 217. The molecule has 150 heavy (non-hydrogen) atoms. The fourth-order valence-electron chi connectivity index (χ4n) is 20.1. The van der Waals surface area contributed by atoms with E-state index in [1.807, 2.05) is 0 Å². The number of nitrogens with one attached hydrogen (secondary N) is 8. The number of carbonyl (C=O) groups excluding carboxylic acids is 16. The Hall–Kier alpha value is -10.7. The Morgan fingerprint density at radius 3 is 1.05 bits per heavy atom. The van der Waals surface area contributed by atoms with Crippen molar-refractivity contribution in [2.75, 3.05) is 26.2 Å². The molecule has 8 rings (SSSR count). The van der Waals surface area contributed by atoms with E-state index in [0.717, 1.165) is 125 Å². The van der Waals surface area contributed by atoms with Crippen LogP contribution >= 0.6 is 0 Å². The summed E-state index contributed by atoms with van der Waals surface area (Å²) < 4.78 is 0. The molecular formula is C102H162N14O34. The number of aliphatic hydroxyl groups is 16. The van der Waals surface area contributed by atoms with Crippen molar-refractivity contribution in [1.82, 2.24) is 62.1 Å². The number of unbranched alkanes of at least 4 members (excludes halogenated alkanes) is 10. The average molecular weight is 2130 g/mol. The normalized spacial score (nSPS) is 29.1. The number of hydrogen-bond acceptors (Lipinski definition) is 34. The second-order valence-corrected chi connectivity index (χ2v) is 41.8. The second kappa shape index (κ2) is 60.7. The van der Waals surface area contributed by atoms with E-state index in [4.69, 9.17) is 11.5 Å². The number of amides is 14. The Labute approximate surface area is 871 Å². The summed E-state index contributed by atoms with van der Waals surface area (Å²) in [5.74, 6) is -20.2. The molecule has 0 saturated carbocycles. The molecule has 30 N–H and O–H groups in total. The summed E-state index contributed by atoms with van der Waals surface area (Å²) in [7, 11) is 0. The number of ketones is 2.